The molecule has 0 aliphatic heterocycles. The topological polar surface area (TPSA) is 35.2 Å². The molecule has 0 aliphatic rings. The van der Waals surface area contributed by atoms with Gasteiger partial charge < -0.3 is 10.5 Å². The Labute approximate surface area is 50.3 Å². The first-order valence-corrected chi connectivity index (χ1v) is 2.78. The van der Waals surface area contributed by atoms with Gasteiger partial charge in [0, 0.05) is 18.7 Å². The number of rotatable bonds is 4. The first kappa shape index (κ1) is 7.50. The maximum atomic E-state index is 5.26. The molecule has 0 fully saturated rings. The van der Waals surface area contributed by atoms with Gasteiger partial charge >= 0.3 is 0 Å². The second kappa shape index (κ2) is 4.65. The van der Waals surface area contributed by atoms with Gasteiger partial charge in [0.25, 0.3) is 0 Å². The molecule has 0 aromatic rings. The summed E-state index contributed by atoms with van der Waals surface area (Å²) < 4.78 is 5.00. The summed E-state index contributed by atoms with van der Waals surface area (Å²) in [6, 6.07) is 0. The lowest BCUT2D eigenvalue weighted by molar-refractivity contribution is 0.150. The van der Waals surface area contributed by atoms with Crippen molar-refractivity contribution in [2.24, 2.45) is 5.73 Å². The number of hydrogen-bond acceptors (Lipinski definition) is 2. The minimum Gasteiger partial charge on any atom is -0.402 e. The molecule has 0 unspecified atom stereocenters. The fraction of sp³-hybridized carbons (Fsp3) is 0.667. The fourth-order valence-electron chi connectivity index (χ4n) is 0.348. The Hall–Kier alpha value is -0.500. The second-order valence-electron chi connectivity index (χ2n) is 1.61. The van der Waals surface area contributed by atoms with E-state index in [4.69, 9.17) is 10.5 Å². The summed E-state index contributed by atoms with van der Waals surface area (Å²) in [5, 5.41) is 0. The molecule has 2 heteroatoms. The minimum absolute atomic E-state index is 0.693. The molecule has 0 rings (SSSR count). The van der Waals surface area contributed by atoms with Crippen molar-refractivity contribution in [3.8, 4) is 0 Å². The molecule has 0 aromatic heterocycles. The summed E-state index contributed by atoms with van der Waals surface area (Å²) >= 11 is 0. The van der Waals surface area contributed by atoms with Gasteiger partial charge in [0.15, 0.2) is 0 Å². The van der Waals surface area contributed by atoms with E-state index in [2.05, 4.69) is 6.58 Å². The Kier molecular flexibility index (Phi) is 4.36. The minimum atomic E-state index is 0.693. The molecular weight excluding hydrogens is 102 g/mol. The Morgan fingerprint density at radius 1 is 1.75 bits per heavy atom. The summed E-state index contributed by atoms with van der Waals surface area (Å²) in [7, 11) is 0. The maximum absolute atomic E-state index is 5.26. The third-order valence-corrected chi connectivity index (χ3v) is 0.772. The quantitative estimate of drug-likeness (QED) is 0.552. The van der Waals surface area contributed by atoms with Crippen molar-refractivity contribution in [1.82, 2.24) is 0 Å². The van der Waals surface area contributed by atoms with E-state index in [9.17, 15) is 0 Å². The van der Waals surface area contributed by atoms with Gasteiger partial charge in [-0.2, -0.15) is 0 Å². The highest BCUT2D eigenvalue weighted by molar-refractivity contribution is 4.84. The van der Waals surface area contributed by atoms with Crippen LogP contribution in [0, 0.1) is 0 Å². The van der Waals surface area contributed by atoms with E-state index in [0.29, 0.717) is 12.3 Å². The van der Waals surface area contributed by atoms with Gasteiger partial charge in [-0.3, -0.25) is 0 Å². The molecule has 2 nitrogen and oxygen atoms in total. The Morgan fingerprint density at radius 3 is 2.75 bits per heavy atom. The smallest absolute Gasteiger partial charge is 0.0520 e. The molecule has 0 aliphatic carbocycles. The van der Waals surface area contributed by atoms with Crippen LogP contribution in [0.4, 0.5) is 0 Å². The van der Waals surface area contributed by atoms with Gasteiger partial charge in [0.1, 0.15) is 0 Å². The second-order valence-corrected chi connectivity index (χ2v) is 1.61. The predicted octanol–water partition coefficient (Wildman–Crippen LogP) is 0.885. The molecule has 0 radical (unpaired) electrons. The highest BCUT2D eigenvalue weighted by Gasteiger charge is 1.84. The fourth-order valence-corrected chi connectivity index (χ4v) is 0.348. The molecule has 0 saturated heterocycles. The van der Waals surface area contributed by atoms with Crippen LogP contribution in [0.3, 0.4) is 0 Å². The Morgan fingerprint density at radius 2 is 2.38 bits per heavy atom. The zero-order valence-corrected chi connectivity index (χ0v) is 5.31. The molecule has 0 aromatic carbocycles. The number of ether oxygens (including phenoxy) is 1. The van der Waals surface area contributed by atoms with E-state index in [-0.39, 0.29) is 0 Å². The third kappa shape index (κ3) is 5.50. The van der Waals surface area contributed by atoms with E-state index in [1.54, 1.807) is 0 Å². The maximum Gasteiger partial charge on any atom is 0.0520 e. The molecule has 48 valence electrons. The van der Waals surface area contributed by atoms with E-state index in [0.717, 1.165) is 13.0 Å². The average Bonchev–Trinajstić information content (AvgIpc) is 1.66. The van der Waals surface area contributed by atoms with Crippen LogP contribution in [0.1, 0.15) is 13.3 Å². The van der Waals surface area contributed by atoms with Crippen LogP contribution in [0.2, 0.25) is 0 Å². The molecule has 0 atom stereocenters. The van der Waals surface area contributed by atoms with E-state index in [1.807, 2.05) is 6.92 Å². The van der Waals surface area contributed by atoms with E-state index < -0.39 is 0 Å². The molecule has 0 amide bonds. The zero-order chi connectivity index (χ0) is 6.41. The van der Waals surface area contributed by atoms with Crippen molar-refractivity contribution >= 4 is 0 Å². The van der Waals surface area contributed by atoms with Gasteiger partial charge in [-0.05, 0) is 6.92 Å². The molecular formula is C6H13NO. The van der Waals surface area contributed by atoms with E-state index in [1.165, 1.54) is 0 Å². The predicted molar refractivity (Wildman–Crippen MR) is 34.4 cm³/mol. The molecule has 0 bridgehead atoms. The van der Waals surface area contributed by atoms with Gasteiger partial charge in [-0.1, -0.05) is 6.58 Å². The van der Waals surface area contributed by atoms with Crippen LogP contribution >= 0.6 is 0 Å². The van der Waals surface area contributed by atoms with Crippen molar-refractivity contribution in [1.29, 1.82) is 0 Å². The van der Waals surface area contributed by atoms with Gasteiger partial charge in [0.05, 0.1) is 6.61 Å². The molecule has 0 spiro atoms. The summed E-state index contributed by atoms with van der Waals surface area (Å²) in [6.45, 7) is 6.94. The first-order valence-electron chi connectivity index (χ1n) is 2.78. The van der Waals surface area contributed by atoms with E-state index >= 15 is 0 Å². The SMILES string of the molecule is C=C(N)CCOCC. The van der Waals surface area contributed by atoms with Crippen molar-refractivity contribution < 1.29 is 4.74 Å². The van der Waals surface area contributed by atoms with Crippen molar-refractivity contribution in [2.75, 3.05) is 13.2 Å². The van der Waals surface area contributed by atoms with Crippen molar-refractivity contribution in [3.63, 3.8) is 0 Å². The van der Waals surface area contributed by atoms with Crippen LogP contribution in [0.25, 0.3) is 0 Å². The van der Waals surface area contributed by atoms with Gasteiger partial charge in [0.2, 0.25) is 0 Å². The highest BCUT2D eigenvalue weighted by Crippen LogP contribution is 1.87. The average molecular weight is 115 g/mol. The normalized spacial score (nSPS) is 9.12. The molecule has 2 N–H and O–H groups in total. The van der Waals surface area contributed by atoms with Crippen LogP contribution < -0.4 is 5.73 Å². The Bertz CT molecular complexity index is 70.9. The summed E-state index contributed by atoms with van der Waals surface area (Å²) in [5.41, 5.74) is 5.95. The van der Waals surface area contributed by atoms with Crippen molar-refractivity contribution in [3.05, 3.63) is 12.3 Å². The van der Waals surface area contributed by atoms with Crippen LogP contribution in [-0.4, -0.2) is 13.2 Å². The summed E-state index contributed by atoms with van der Waals surface area (Å²) in [4.78, 5) is 0. The third-order valence-electron chi connectivity index (χ3n) is 0.772. The Balaban J connectivity index is 2.82. The number of hydrogen-bond donors (Lipinski definition) is 1. The lowest BCUT2D eigenvalue weighted by Crippen LogP contribution is -2.00. The molecule has 8 heavy (non-hydrogen) atoms. The van der Waals surface area contributed by atoms with Crippen LogP contribution in [-0.2, 0) is 4.74 Å². The van der Waals surface area contributed by atoms with Gasteiger partial charge in [-0.15, -0.1) is 0 Å². The van der Waals surface area contributed by atoms with Crippen LogP contribution in [0.15, 0.2) is 12.3 Å². The summed E-state index contributed by atoms with van der Waals surface area (Å²) in [6.07, 6.45) is 0.772. The highest BCUT2D eigenvalue weighted by atomic mass is 16.5. The molecule has 0 heterocycles. The van der Waals surface area contributed by atoms with Crippen molar-refractivity contribution in [2.45, 2.75) is 13.3 Å². The zero-order valence-electron chi connectivity index (χ0n) is 5.31. The molecule has 0 saturated carbocycles. The lowest BCUT2D eigenvalue weighted by atomic mass is 10.4. The largest absolute Gasteiger partial charge is 0.402 e. The van der Waals surface area contributed by atoms with Crippen LogP contribution in [0.5, 0.6) is 0 Å². The van der Waals surface area contributed by atoms with Gasteiger partial charge in [-0.25, -0.2) is 0 Å². The monoisotopic (exact) mass is 115 g/mol. The summed E-state index contributed by atoms with van der Waals surface area (Å²) in [5.74, 6) is 0. The standard InChI is InChI=1S/C6H13NO/c1-3-8-5-4-6(2)7/h2-5,7H2,1H3. The first-order chi connectivity index (χ1) is 3.77. The number of nitrogens with two attached hydrogens (primary N) is 1. The lowest BCUT2D eigenvalue weighted by Gasteiger charge is -1.97.